The highest BCUT2D eigenvalue weighted by Crippen LogP contribution is 2.27. The van der Waals surface area contributed by atoms with Gasteiger partial charge in [0.1, 0.15) is 5.75 Å². The van der Waals surface area contributed by atoms with Crippen LogP contribution in [-0.4, -0.2) is 12.5 Å². The lowest BCUT2D eigenvalue weighted by molar-refractivity contribution is -0.116. The molecule has 2 aromatic carbocycles. The van der Waals surface area contributed by atoms with Crippen LogP contribution in [0.15, 0.2) is 36.4 Å². The van der Waals surface area contributed by atoms with Crippen LogP contribution < -0.4 is 15.8 Å². The molecule has 0 aliphatic heterocycles. The third kappa shape index (κ3) is 5.34. The van der Waals surface area contributed by atoms with Crippen molar-refractivity contribution in [3.8, 4) is 5.75 Å². The summed E-state index contributed by atoms with van der Waals surface area (Å²) in [6.07, 6.45) is 0.922. The van der Waals surface area contributed by atoms with E-state index in [1.165, 1.54) is 0 Å². The summed E-state index contributed by atoms with van der Waals surface area (Å²) in [7, 11) is 0. The maximum absolute atomic E-state index is 11.9. The van der Waals surface area contributed by atoms with Crippen molar-refractivity contribution in [1.29, 1.82) is 0 Å². The average molecular weight is 353 g/mol. The molecule has 0 aromatic heterocycles. The van der Waals surface area contributed by atoms with E-state index in [4.69, 9.17) is 33.7 Å². The molecule has 2 rings (SSSR count). The van der Waals surface area contributed by atoms with E-state index in [0.29, 0.717) is 40.9 Å². The first kappa shape index (κ1) is 17.4. The Morgan fingerprint density at radius 2 is 2.00 bits per heavy atom. The van der Waals surface area contributed by atoms with E-state index >= 15 is 0 Å². The van der Waals surface area contributed by atoms with Gasteiger partial charge >= 0.3 is 0 Å². The van der Waals surface area contributed by atoms with Crippen molar-refractivity contribution >= 4 is 40.5 Å². The zero-order valence-corrected chi connectivity index (χ0v) is 14.2. The number of carbonyl (C=O) groups excluding carboxylic acids is 1. The van der Waals surface area contributed by atoms with Crippen molar-refractivity contribution in [2.75, 3.05) is 17.7 Å². The number of rotatable bonds is 6. The van der Waals surface area contributed by atoms with Crippen molar-refractivity contribution in [3.05, 3.63) is 52.0 Å². The second-order valence-corrected chi connectivity index (χ2v) is 5.99. The molecule has 122 valence electrons. The predicted octanol–water partition coefficient (Wildman–Crippen LogP) is 4.68. The standard InChI is InChI=1S/C17H18Cl2N2O2/c1-11-4-6-13(20)10-15(11)21-17(22)3-2-8-23-16-7-5-12(18)9-14(16)19/h4-7,9-10H,2-3,8,20H2,1H3,(H,21,22). The van der Waals surface area contributed by atoms with Gasteiger partial charge in [-0.15, -0.1) is 0 Å². The van der Waals surface area contributed by atoms with Gasteiger partial charge in [0.25, 0.3) is 0 Å². The molecular weight excluding hydrogens is 335 g/mol. The van der Waals surface area contributed by atoms with Gasteiger partial charge in [-0.05, 0) is 49.2 Å². The highest BCUT2D eigenvalue weighted by Gasteiger charge is 2.06. The predicted molar refractivity (Wildman–Crippen MR) is 95.4 cm³/mol. The minimum absolute atomic E-state index is 0.0792. The maximum Gasteiger partial charge on any atom is 0.224 e. The van der Waals surface area contributed by atoms with E-state index in [9.17, 15) is 4.79 Å². The molecule has 0 saturated heterocycles. The molecular formula is C17H18Cl2N2O2. The molecule has 0 radical (unpaired) electrons. The van der Waals surface area contributed by atoms with E-state index in [1.807, 2.05) is 13.0 Å². The maximum atomic E-state index is 11.9. The van der Waals surface area contributed by atoms with Gasteiger partial charge in [0.15, 0.2) is 0 Å². The number of nitrogens with two attached hydrogens (primary N) is 1. The van der Waals surface area contributed by atoms with Crippen LogP contribution in [0.25, 0.3) is 0 Å². The van der Waals surface area contributed by atoms with Crippen molar-refractivity contribution in [2.45, 2.75) is 19.8 Å². The molecule has 0 atom stereocenters. The molecule has 0 bridgehead atoms. The fourth-order valence-electron chi connectivity index (χ4n) is 1.99. The Kier molecular flexibility index (Phi) is 6.13. The first-order valence-corrected chi connectivity index (χ1v) is 7.95. The first-order valence-electron chi connectivity index (χ1n) is 7.19. The van der Waals surface area contributed by atoms with Crippen LogP contribution in [-0.2, 0) is 4.79 Å². The van der Waals surface area contributed by atoms with Crippen LogP contribution in [0.3, 0.4) is 0 Å². The fraction of sp³-hybridized carbons (Fsp3) is 0.235. The largest absolute Gasteiger partial charge is 0.492 e. The van der Waals surface area contributed by atoms with Crippen molar-refractivity contribution in [3.63, 3.8) is 0 Å². The molecule has 1 amide bonds. The molecule has 2 aromatic rings. The number of benzene rings is 2. The summed E-state index contributed by atoms with van der Waals surface area (Å²) in [5.74, 6) is 0.479. The van der Waals surface area contributed by atoms with Crippen LogP contribution in [0.5, 0.6) is 5.75 Å². The number of halogens is 2. The number of nitrogens with one attached hydrogen (secondary N) is 1. The van der Waals surface area contributed by atoms with Crippen LogP contribution in [0, 0.1) is 6.92 Å². The Morgan fingerprint density at radius 3 is 2.74 bits per heavy atom. The summed E-state index contributed by atoms with van der Waals surface area (Å²) in [6, 6.07) is 10.5. The number of carbonyl (C=O) groups is 1. The Morgan fingerprint density at radius 1 is 1.22 bits per heavy atom. The van der Waals surface area contributed by atoms with E-state index in [2.05, 4.69) is 5.32 Å². The lowest BCUT2D eigenvalue weighted by atomic mass is 10.1. The third-order valence-electron chi connectivity index (χ3n) is 3.24. The van der Waals surface area contributed by atoms with E-state index < -0.39 is 0 Å². The number of anilines is 2. The minimum Gasteiger partial charge on any atom is -0.492 e. The molecule has 4 nitrogen and oxygen atoms in total. The lowest BCUT2D eigenvalue weighted by Crippen LogP contribution is -2.13. The van der Waals surface area contributed by atoms with Gasteiger partial charge in [-0.1, -0.05) is 29.3 Å². The van der Waals surface area contributed by atoms with Crippen LogP contribution in [0.4, 0.5) is 11.4 Å². The second kappa shape index (κ2) is 8.09. The van der Waals surface area contributed by atoms with Crippen LogP contribution in [0.1, 0.15) is 18.4 Å². The zero-order chi connectivity index (χ0) is 16.8. The summed E-state index contributed by atoms with van der Waals surface area (Å²) in [5.41, 5.74) is 8.04. The minimum atomic E-state index is -0.0792. The van der Waals surface area contributed by atoms with Crippen molar-refractivity contribution in [2.24, 2.45) is 0 Å². The molecule has 0 unspecified atom stereocenters. The topological polar surface area (TPSA) is 64.3 Å². The molecule has 3 N–H and O–H groups in total. The fourth-order valence-corrected chi connectivity index (χ4v) is 2.46. The number of hydrogen-bond donors (Lipinski definition) is 2. The molecule has 0 heterocycles. The van der Waals surface area contributed by atoms with Gasteiger partial charge in [0, 0.05) is 22.8 Å². The molecule has 0 fully saturated rings. The number of ether oxygens (including phenoxy) is 1. The zero-order valence-electron chi connectivity index (χ0n) is 12.7. The molecule has 0 spiro atoms. The molecule has 23 heavy (non-hydrogen) atoms. The smallest absolute Gasteiger partial charge is 0.224 e. The van der Waals surface area contributed by atoms with E-state index in [-0.39, 0.29) is 5.91 Å². The van der Waals surface area contributed by atoms with E-state index in [1.54, 1.807) is 30.3 Å². The summed E-state index contributed by atoms with van der Waals surface area (Å²) < 4.78 is 5.54. The summed E-state index contributed by atoms with van der Waals surface area (Å²) in [6.45, 7) is 2.31. The van der Waals surface area contributed by atoms with E-state index in [0.717, 1.165) is 11.3 Å². The molecule has 0 saturated carbocycles. The van der Waals surface area contributed by atoms with Gasteiger partial charge in [0.05, 0.1) is 11.6 Å². The molecule has 0 aliphatic rings. The van der Waals surface area contributed by atoms with Gasteiger partial charge in [0.2, 0.25) is 5.91 Å². The quantitative estimate of drug-likeness (QED) is 0.585. The number of hydrogen-bond acceptors (Lipinski definition) is 3. The van der Waals surface area contributed by atoms with Gasteiger partial charge in [-0.25, -0.2) is 0 Å². The molecule has 0 aliphatic carbocycles. The normalized spacial score (nSPS) is 10.4. The van der Waals surface area contributed by atoms with Gasteiger partial charge in [-0.2, -0.15) is 0 Å². The van der Waals surface area contributed by atoms with Gasteiger partial charge in [-0.3, -0.25) is 4.79 Å². The summed E-state index contributed by atoms with van der Waals surface area (Å²) >= 11 is 11.8. The van der Waals surface area contributed by atoms with Crippen LogP contribution in [0.2, 0.25) is 10.0 Å². The monoisotopic (exact) mass is 352 g/mol. The van der Waals surface area contributed by atoms with Crippen molar-refractivity contribution < 1.29 is 9.53 Å². The highest BCUT2D eigenvalue weighted by atomic mass is 35.5. The highest BCUT2D eigenvalue weighted by molar-refractivity contribution is 6.35. The number of aryl methyl sites for hydroxylation is 1. The third-order valence-corrected chi connectivity index (χ3v) is 3.77. The lowest BCUT2D eigenvalue weighted by Gasteiger charge is -2.10. The Hall–Kier alpha value is -1.91. The average Bonchev–Trinajstić information content (AvgIpc) is 2.49. The SMILES string of the molecule is Cc1ccc(N)cc1NC(=O)CCCOc1ccc(Cl)cc1Cl. The summed E-state index contributed by atoms with van der Waals surface area (Å²) in [4.78, 5) is 11.9. The second-order valence-electron chi connectivity index (χ2n) is 5.15. The van der Waals surface area contributed by atoms with Crippen molar-refractivity contribution in [1.82, 2.24) is 0 Å². The Labute approximate surface area is 145 Å². The molecule has 6 heteroatoms. The van der Waals surface area contributed by atoms with Gasteiger partial charge < -0.3 is 15.8 Å². The van der Waals surface area contributed by atoms with Crippen LogP contribution >= 0.6 is 23.2 Å². The Balaban J connectivity index is 1.77. The first-order chi connectivity index (χ1) is 11.0. The number of amides is 1. The Bertz CT molecular complexity index is 705. The number of nitrogen functional groups attached to an aromatic ring is 1. The summed E-state index contributed by atoms with van der Waals surface area (Å²) in [5, 5.41) is 3.86.